The van der Waals surface area contributed by atoms with Crippen LogP contribution < -0.4 is 0 Å². The maximum absolute atomic E-state index is 13.1. The molecule has 1 aromatic carbocycles. The van der Waals surface area contributed by atoms with Crippen LogP contribution in [0.2, 0.25) is 0 Å². The highest BCUT2D eigenvalue weighted by atomic mass is 79.9. The second kappa shape index (κ2) is 4.18. The number of rotatable bonds is 1. The second-order valence-corrected chi connectivity index (χ2v) is 5.56. The van der Waals surface area contributed by atoms with Gasteiger partial charge in [0.25, 0.3) is 0 Å². The van der Waals surface area contributed by atoms with Crippen LogP contribution >= 0.6 is 31.9 Å². The summed E-state index contributed by atoms with van der Waals surface area (Å²) in [7, 11) is 0. The highest BCUT2D eigenvalue weighted by Crippen LogP contribution is 2.40. The zero-order valence-electron chi connectivity index (χ0n) is 6.58. The van der Waals surface area contributed by atoms with Crippen LogP contribution in [0.25, 0.3) is 0 Å². The predicted molar refractivity (Wildman–Crippen MR) is 52.0 cm³/mol. The van der Waals surface area contributed by atoms with E-state index < -0.39 is 26.9 Å². The monoisotopic (exact) mass is 334 g/mol. The van der Waals surface area contributed by atoms with Crippen molar-refractivity contribution in [3.8, 4) is 0 Å². The van der Waals surface area contributed by atoms with Gasteiger partial charge in [-0.2, -0.15) is 13.2 Å². The molecule has 1 rings (SSSR count). The predicted octanol–water partition coefficient (Wildman–Crippen LogP) is 4.63. The van der Waals surface area contributed by atoms with Gasteiger partial charge >= 0.3 is 6.18 Å². The van der Waals surface area contributed by atoms with Crippen LogP contribution in [-0.2, 0) is 6.18 Å². The average molecular weight is 336 g/mol. The average Bonchev–Trinajstić information content (AvgIpc) is 2.01. The molecule has 0 aliphatic carbocycles. The Morgan fingerprint density at radius 3 is 2.07 bits per heavy atom. The quantitative estimate of drug-likeness (QED) is 0.518. The van der Waals surface area contributed by atoms with Gasteiger partial charge in [0.05, 0.1) is 9.30 Å². The van der Waals surface area contributed by atoms with Gasteiger partial charge in [-0.25, -0.2) is 4.39 Å². The van der Waals surface area contributed by atoms with Gasteiger partial charge in [0.1, 0.15) is 5.82 Å². The van der Waals surface area contributed by atoms with Crippen molar-refractivity contribution in [2.45, 2.75) is 9.91 Å². The lowest BCUT2D eigenvalue weighted by atomic mass is 10.1. The molecule has 0 aliphatic rings. The molecule has 0 saturated carbocycles. The summed E-state index contributed by atoms with van der Waals surface area (Å²) < 4.78 is 49.4. The molecule has 78 valence electrons. The van der Waals surface area contributed by atoms with Crippen molar-refractivity contribution >= 4 is 31.9 Å². The Labute approximate surface area is 94.6 Å². The van der Waals surface area contributed by atoms with Crippen LogP contribution in [-0.4, -0.2) is 0 Å². The topological polar surface area (TPSA) is 0 Å². The Morgan fingerprint density at radius 1 is 1.14 bits per heavy atom. The Bertz CT molecular complexity index is 333. The third-order valence-corrected chi connectivity index (χ3v) is 2.49. The van der Waals surface area contributed by atoms with Crippen molar-refractivity contribution in [2.24, 2.45) is 0 Å². The maximum Gasteiger partial charge on any atom is 0.416 e. The Balaban J connectivity index is 3.36. The summed E-state index contributed by atoms with van der Waals surface area (Å²) in [5, 5.41) is 0. The minimum Gasteiger partial charge on any atom is -0.207 e. The number of benzene rings is 1. The summed E-state index contributed by atoms with van der Waals surface area (Å²) in [6.45, 7) is 0. The first-order chi connectivity index (χ1) is 6.34. The first-order valence-electron chi connectivity index (χ1n) is 3.48. The van der Waals surface area contributed by atoms with E-state index in [0.717, 1.165) is 18.2 Å². The van der Waals surface area contributed by atoms with Crippen molar-refractivity contribution in [3.05, 3.63) is 35.1 Å². The van der Waals surface area contributed by atoms with E-state index in [1.54, 1.807) is 0 Å². The minimum absolute atomic E-state index is 0.431. The van der Waals surface area contributed by atoms with Gasteiger partial charge in [0, 0.05) is 5.56 Å². The van der Waals surface area contributed by atoms with E-state index in [-0.39, 0.29) is 0 Å². The number of halogens is 6. The van der Waals surface area contributed by atoms with Crippen LogP contribution in [0, 0.1) is 5.82 Å². The van der Waals surface area contributed by atoms with Crippen LogP contribution in [0.15, 0.2) is 18.2 Å². The van der Waals surface area contributed by atoms with Crippen molar-refractivity contribution < 1.29 is 17.6 Å². The zero-order chi connectivity index (χ0) is 10.9. The fourth-order valence-corrected chi connectivity index (χ4v) is 1.94. The van der Waals surface area contributed by atoms with E-state index in [1.807, 2.05) is 0 Å². The van der Waals surface area contributed by atoms with Gasteiger partial charge < -0.3 is 0 Å². The molecule has 6 heteroatoms. The number of hydrogen-bond donors (Lipinski definition) is 0. The maximum atomic E-state index is 13.1. The van der Waals surface area contributed by atoms with E-state index in [4.69, 9.17) is 0 Å². The first-order valence-corrected chi connectivity index (χ1v) is 5.31. The van der Waals surface area contributed by atoms with Crippen molar-refractivity contribution in [2.75, 3.05) is 0 Å². The molecule has 0 aromatic heterocycles. The lowest BCUT2D eigenvalue weighted by Gasteiger charge is -2.14. The Kier molecular flexibility index (Phi) is 3.58. The number of hydrogen-bond acceptors (Lipinski definition) is 0. The highest BCUT2D eigenvalue weighted by Gasteiger charge is 2.35. The summed E-state index contributed by atoms with van der Waals surface area (Å²) in [5.74, 6) is -0.890. The van der Waals surface area contributed by atoms with E-state index >= 15 is 0 Å². The molecule has 0 amide bonds. The summed E-state index contributed by atoms with van der Waals surface area (Å²) in [6, 6.07) is 2.86. The molecular formula is C8H4Br2F4. The normalized spacial score (nSPS) is 12.2. The van der Waals surface area contributed by atoms with Crippen LogP contribution in [0.4, 0.5) is 17.6 Å². The van der Waals surface area contributed by atoms with E-state index in [2.05, 4.69) is 31.9 Å². The molecule has 0 N–H and O–H groups in total. The molecule has 0 bridgehead atoms. The molecule has 0 spiro atoms. The zero-order valence-corrected chi connectivity index (χ0v) is 9.75. The third-order valence-electron chi connectivity index (χ3n) is 1.58. The van der Waals surface area contributed by atoms with Gasteiger partial charge in [-0.1, -0.05) is 37.9 Å². The molecule has 0 heterocycles. The third kappa shape index (κ3) is 2.48. The van der Waals surface area contributed by atoms with E-state index in [9.17, 15) is 17.6 Å². The van der Waals surface area contributed by atoms with Gasteiger partial charge in [-0.05, 0) is 12.1 Å². The van der Waals surface area contributed by atoms with E-state index in [0.29, 0.717) is 0 Å². The minimum atomic E-state index is -4.54. The molecule has 0 nitrogen and oxygen atoms in total. The van der Waals surface area contributed by atoms with Gasteiger partial charge in [0.2, 0.25) is 0 Å². The molecule has 0 aliphatic heterocycles. The summed E-state index contributed by atoms with van der Waals surface area (Å²) in [4.78, 5) is 0. The van der Waals surface area contributed by atoms with E-state index in [1.165, 1.54) is 0 Å². The Hall–Kier alpha value is -0.100. The fraction of sp³-hybridized carbons (Fsp3) is 0.250. The molecule has 14 heavy (non-hydrogen) atoms. The van der Waals surface area contributed by atoms with Gasteiger partial charge in [-0.15, -0.1) is 0 Å². The molecule has 0 saturated heterocycles. The van der Waals surface area contributed by atoms with Crippen LogP contribution in [0.3, 0.4) is 0 Å². The van der Waals surface area contributed by atoms with Gasteiger partial charge in [0.15, 0.2) is 0 Å². The smallest absolute Gasteiger partial charge is 0.207 e. The first kappa shape index (κ1) is 12.0. The molecular weight excluding hydrogens is 332 g/mol. The number of alkyl halides is 5. The largest absolute Gasteiger partial charge is 0.416 e. The van der Waals surface area contributed by atoms with Crippen molar-refractivity contribution in [1.82, 2.24) is 0 Å². The molecule has 0 fully saturated rings. The highest BCUT2D eigenvalue weighted by molar-refractivity contribution is 9.24. The lowest BCUT2D eigenvalue weighted by molar-refractivity contribution is -0.138. The fourth-order valence-electron chi connectivity index (χ4n) is 1.01. The van der Waals surface area contributed by atoms with Crippen LogP contribution in [0.1, 0.15) is 14.9 Å². The standard InChI is InChI=1S/C8H4Br2F4/c9-7(10)6-4(8(12,13)14)2-1-3-5(6)11/h1-3,7H. The molecule has 1 aromatic rings. The molecule has 0 unspecified atom stereocenters. The summed E-state index contributed by atoms with van der Waals surface area (Å²) >= 11 is 5.71. The lowest BCUT2D eigenvalue weighted by Crippen LogP contribution is -2.10. The van der Waals surface area contributed by atoms with Gasteiger partial charge in [-0.3, -0.25) is 0 Å². The molecule has 0 atom stereocenters. The molecule has 0 radical (unpaired) electrons. The van der Waals surface area contributed by atoms with Crippen molar-refractivity contribution in [3.63, 3.8) is 0 Å². The summed E-state index contributed by atoms with van der Waals surface area (Å²) in [5.41, 5.74) is -1.41. The van der Waals surface area contributed by atoms with Crippen molar-refractivity contribution in [1.29, 1.82) is 0 Å². The SMILES string of the molecule is Fc1cccc(C(F)(F)F)c1C(Br)Br. The van der Waals surface area contributed by atoms with Crippen LogP contribution in [0.5, 0.6) is 0 Å². The second-order valence-electron chi connectivity index (χ2n) is 2.50. The summed E-state index contributed by atoms with van der Waals surface area (Å²) in [6.07, 6.45) is -4.54. The Morgan fingerprint density at radius 2 is 1.71 bits per heavy atom.